The van der Waals surface area contributed by atoms with Crippen molar-refractivity contribution >= 4 is 34.9 Å². The number of benzene rings is 2. The van der Waals surface area contributed by atoms with Crippen molar-refractivity contribution in [2.24, 2.45) is 5.73 Å². The SMILES string of the molecule is Cc1c(NC(=O)c2ccc(C(C)(C)C)nc2)cccc1-c1cncc(Nc2ccc(C(=O)N(C)CC(N)=O)cc2)n1. The Morgan fingerprint density at radius 1 is 0.927 bits per heavy atom. The van der Waals surface area contributed by atoms with Crippen LogP contribution in [0.1, 0.15) is 52.7 Å². The summed E-state index contributed by atoms with van der Waals surface area (Å²) < 4.78 is 0. The van der Waals surface area contributed by atoms with Gasteiger partial charge in [0.25, 0.3) is 11.8 Å². The summed E-state index contributed by atoms with van der Waals surface area (Å²) >= 11 is 0. The Bertz CT molecular complexity index is 1580. The summed E-state index contributed by atoms with van der Waals surface area (Å²) in [6, 6.07) is 16.1. The van der Waals surface area contributed by atoms with Crippen LogP contribution in [0, 0.1) is 6.92 Å². The number of amides is 3. The molecule has 0 spiro atoms. The van der Waals surface area contributed by atoms with Crippen LogP contribution >= 0.6 is 0 Å². The topological polar surface area (TPSA) is 143 Å². The van der Waals surface area contributed by atoms with E-state index in [4.69, 9.17) is 10.7 Å². The Morgan fingerprint density at radius 2 is 1.63 bits per heavy atom. The van der Waals surface area contributed by atoms with Crippen molar-refractivity contribution in [2.75, 3.05) is 24.2 Å². The zero-order valence-corrected chi connectivity index (χ0v) is 23.7. The lowest BCUT2D eigenvalue weighted by atomic mass is 9.91. The summed E-state index contributed by atoms with van der Waals surface area (Å²) in [7, 11) is 1.52. The van der Waals surface area contributed by atoms with E-state index in [2.05, 4.69) is 41.4 Å². The Labute approximate surface area is 239 Å². The normalized spacial score (nSPS) is 11.0. The quantitative estimate of drug-likeness (QED) is 0.288. The lowest BCUT2D eigenvalue weighted by molar-refractivity contribution is -0.118. The van der Waals surface area contributed by atoms with Crippen molar-refractivity contribution in [3.63, 3.8) is 0 Å². The highest BCUT2D eigenvalue weighted by molar-refractivity contribution is 6.05. The van der Waals surface area contributed by atoms with Crippen LogP contribution in [0.5, 0.6) is 0 Å². The number of primary amides is 1. The van der Waals surface area contributed by atoms with Crippen molar-refractivity contribution in [1.82, 2.24) is 19.9 Å². The number of nitrogens with zero attached hydrogens (tertiary/aromatic N) is 4. The fraction of sp³-hybridized carbons (Fsp3) is 0.226. The molecule has 4 N–H and O–H groups in total. The highest BCUT2D eigenvalue weighted by Gasteiger charge is 2.17. The maximum atomic E-state index is 12.9. The molecule has 0 bridgehead atoms. The maximum Gasteiger partial charge on any atom is 0.257 e. The molecule has 41 heavy (non-hydrogen) atoms. The van der Waals surface area contributed by atoms with E-state index in [1.807, 2.05) is 31.2 Å². The van der Waals surface area contributed by atoms with Gasteiger partial charge < -0.3 is 21.3 Å². The highest BCUT2D eigenvalue weighted by atomic mass is 16.2. The zero-order valence-electron chi connectivity index (χ0n) is 23.7. The van der Waals surface area contributed by atoms with Crippen molar-refractivity contribution in [2.45, 2.75) is 33.1 Å². The van der Waals surface area contributed by atoms with Crippen molar-refractivity contribution in [1.29, 1.82) is 0 Å². The molecule has 210 valence electrons. The first-order chi connectivity index (χ1) is 19.4. The second-order valence-corrected chi connectivity index (χ2v) is 10.7. The molecule has 0 unspecified atom stereocenters. The van der Waals surface area contributed by atoms with Gasteiger partial charge in [-0.1, -0.05) is 32.9 Å². The number of pyridine rings is 1. The van der Waals surface area contributed by atoms with E-state index in [0.29, 0.717) is 34.0 Å². The van der Waals surface area contributed by atoms with E-state index in [-0.39, 0.29) is 23.8 Å². The molecule has 3 amide bonds. The number of carbonyl (C=O) groups is 3. The summed E-state index contributed by atoms with van der Waals surface area (Å²) in [4.78, 5) is 51.3. The Hall–Kier alpha value is -5.12. The number of rotatable bonds is 8. The number of hydrogen-bond acceptors (Lipinski definition) is 7. The van der Waals surface area contributed by atoms with Crippen molar-refractivity contribution < 1.29 is 14.4 Å². The standard InChI is InChI=1S/C31H33N7O3/c1-19-23(7-6-8-24(19)37-29(40)21-11-14-26(34-15-21)31(2,3)4)25-16-33-17-28(36-25)35-22-12-9-20(10-13-22)30(41)38(5)18-27(32)39/h6-17H,18H2,1-5H3,(H2,32,39)(H,35,36)(H,37,40). The lowest BCUT2D eigenvalue weighted by Crippen LogP contribution is -2.35. The molecule has 4 aromatic rings. The molecule has 4 rings (SSSR count). The van der Waals surface area contributed by atoms with Crippen LogP contribution in [-0.4, -0.2) is 51.2 Å². The molecule has 0 saturated heterocycles. The van der Waals surface area contributed by atoms with Crippen LogP contribution in [0.15, 0.2) is 73.2 Å². The van der Waals surface area contributed by atoms with Gasteiger partial charge in [0.15, 0.2) is 0 Å². The summed E-state index contributed by atoms with van der Waals surface area (Å²) in [6.07, 6.45) is 4.85. The summed E-state index contributed by atoms with van der Waals surface area (Å²) in [5, 5.41) is 6.18. The third-order valence-electron chi connectivity index (χ3n) is 6.43. The van der Waals surface area contributed by atoms with Gasteiger partial charge in [-0.15, -0.1) is 0 Å². The van der Waals surface area contributed by atoms with Crippen LogP contribution < -0.4 is 16.4 Å². The minimum Gasteiger partial charge on any atom is -0.368 e. The third kappa shape index (κ3) is 7.10. The summed E-state index contributed by atoms with van der Waals surface area (Å²) in [5.74, 6) is -0.629. The lowest BCUT2D eigenvalue weighted by Gasteiger charge is -2.17. The average molecular weight is 552 g/mol. The monoisotopic (exact) mass is 551 g/mol. The number of nitrogens with one attached hydrogen (secondary N) is 2. The molecule has 2 heterocycles. The predicted molar refractivity (Wildman–Crippen MR) is 159 cm³/mol. The maximum absolute atomic E-state index is 12.9. The van der Waals surface area contributed by atoms with Gasteiger partial charge in [-0.05, 0) is 55.0 Å². The summed E-state index contributed by atoms with van der Waals surface area (Å²) in [5.41, 5.74) is 10.5. The van der Waals surface area contributed by atoms with Crippen LogP contribution in [0.25, 0.3) is 11.3 Å². The molecule has 0 aliphatic heterocycles. The Morgan fingerprint density at radius 3 is 2.27 bits per heavy atom. The van der Waals surface area contributed by atoms with Gasteiger partial charge in [-0.2, -0.15) is 0 Å². The Balaban J connectivity index is 1.48. The van der Waals surface area contributed by atoms with E-state index < -0.39 is 5.91 Å². The van der Waals surface area contributed by atoms with E-state index in [0.717, 1.165) is 16.8 Å². The minimum atomic E-state index is -0.580. The van der Waals surface area contributed by atoms with Crippen molar-refractivity contribution in [3.8, 4) is 11.3 Å². The molecular weight excluding hydrogens is 518 g/mol. The number of hydrogen-bond donors (Lipinski definition) is 3. The van der Waals surface area contributed by atoms with Crippen molar-refractivity contribution in [3.05, 3.63) is 95.6 Å². The van der Waals surface area contributed by atoms with Gasteiger partial charge in [0.1, 0.15) is 5.82 Å². The smallest absolute Gasteiger partial charge is 0.257 e. The fourth-order valence-corrected chi connectivity index (χ4v) is 4.14. The highest BCUT2D eigenvalue weighted by Crippen LogP contribution is 2.29. The predicted octanol–water partition coefficient (Wildman–Crippen LogP) is 4.70. The van der Waals surface area contributed by atoms with Crippen LogP contribution in [0.3, 0.4) is 0 Å². The molecule has 2 aromatic carbocycles. The van der Waals surface area contributed by atoms with Gasteiger partial charge in [-0.25, -0.2) is 4.98 Å². The third-order valence-corrected chi connectivity index (χ3v) is 6.43. The number of likely N-dealkylation sites (N-methyl/N-ethyl adjacent to an activating group) is 1. The fourth-order valence-electron chi connectivity index (χ4n) is 4.14. The molecular formula is C31H33N7O3. The minimum absolute atomic E-state index is 0.100. The van der Waals surface area contributed by atoms with Crippen LogP contribution in [-0.2, 0) is 10.2 Å². The second kappa shape index (κ2) is 12.0. The van der Waals surface area contributed by atoms with Crippen LogP contribution in [0.2, 0.25) is 0 Å². The van der Waals surface area contributed by atoms with E-state index >= 15 is 0 Å². The van der Waals surface area contributed by atoms with Gasteiger partial charge in [-0.3, -0.25) is 24.4 Å². The van der Waals surface area contributed by atoms with E-state index in [1.54, 1.807) is 48.9 Å². The largest absolute Gasteiger partial charge is 0.368 e. The van der Waals surface area contributed by atoms with Gasteiger partial charge in [0.2, 0.25) is 5.91 Å². The molecule has 2 aromatic heterocycles. The molecule has 10 nitrogen and oxygen atoms in total. The number of aromatic nitrogens is 3. The molecule has 0 saturated carbocycles. The first kappa shape index (κ1) is 28.9. The molecule has 0 aliphatic carbocycles. The molecule has 0 aliphatic rings. The molecule has 10 heteroatoms. The molecule has 0 radical (unpaired) electrons. The zero-order chi connectivity index (χ0) is 29.7. The molecule has 0 fully saturated rings. The first-order valence-electron chi connectivity index (χ1n) is 13.0. The second-order valence-electron chi connectivity index (χ2n) is 10.7. The number of anilines is 3. The first-order valence-corrected chi connectivity index (χ1v) is 13.0. The average Bonchev–Trinajstić information content (AvgIpc) is 2.93. The van der Waals surface area contributed by atoms with E-state index in [9.17, 15) is 14.4 Å². The van der Waals surface area contributed by atoms with Gasteiger partial charge in [0.05, 0.1) is 30.2 Å². The van der Waals surface area contributed by atoms with Crippen LogP contribution in [0.4, 0.5) is 17.2 Å². The Kier molecular flexibility index (Phi) is 8.42. The number of nitrogens with two attached hydrogens (primary N) is 1. The van der Waals surface area contributed by atoms with Gasteiger partial charge in [0, 0.05) is 46.9 Å². The van der Waals surface area contributed by atoms with E-state index in [1.165, 1.54) is 11.9 Å². The molecule has 0 atom stereocenters. The summed E-state index contributed by atoms with van der Waals surface area (Å²) in [6.45, 7) is 7.98. The number of carbonyl (C=O) groups excluding carboxylic acids is 3. The van der Waals surface area contributed by atoms with Gasteiger partial charge >= 0.3 is 0 Å².